The maximum absolute atomic E-state index is 5.82. The van der Waals surface area contributed by atoms with Crippen LogP contribution in [0.2, 0.25) is 0 Å². The van der Waals surface area contributed by atoms with Gasteiger partial charge in [0.15, 0.2) is 0 Å². The Labute approximate surface area is 113 Å². The van der Waals surface area contributed by atoms with Crippen molar-refractivity contribution >= 4 is 17.2 Å². The van der Waals surface area contributed by atoms with Crippen LogP contribution in [0.5, 0.6) is 5.75 Å². The lowest BCUT2D eigenvalue weighted by Crippen LogP contribution is -2.21. The zero-order valence-electron chi connectivity index (χ0n) is 10.6. The Balaban J connectivity index is 1.93. The topological polar surface area (TPSA) is 44.5 Å². The van der Waals surface area contributed by atoms with Gasteiger partial charge in [-0.25, -0.2) is 0 Å². The SMILES string of the molecule is Cc1cc(OCC2CCOCC2)ccc1C(N)=S. The minimum Gasteiger partial charge on any atom is -0.493 e. The third kappa shape index (κ3) is 3.43. The molecule has 2 N–H and O–H groups in total. The zero-order chi connectivity index (χ0) is 13.0. The summed E-state index contributed by atoms with van der Waals surface area (Å²) in [6.45, 7) is 4.46. The molecule has 1 fully saturated rings. The normalized spacial score (nSPS) is 16.5. The fourth-order valence-electron chi connectivity index (χ4n) is 2.13. The first-order chi connectivity index (χ1) is 8.66. The quantitative estimate of drug-likeness (QED) is 0.849. The predicted molar refractivity (Wildman–Crippen MR) is 76.1 cm³/mol. The molecule has 0 aromatic heterocycles. The van der Waals surface area contributed by atoms with E-state index in [-0.39, 0.29) is 0 Å². The van der Waals surface area contributed by atoms with Crippen LogP contribution >= 0.6 is 12.2 Å². The van der Waals surface area contributed by atoms with E-state index in [1.807, 2.05) is 25.1 Å². The monoisotopic (exact) mass is 265 g/mol. The van der Waals surface area contributed by atoms with Crippen molar-refractivity contribution in [3.8, 4) is 5.75 Å². The van der Waals surface area contributed by atoms with E-state index < -0.39 is 0 Å². The molecular weight excluding hydrogens is 246 g/mol. The number of hydrogen-bond donors (Lipinski definition) is 1. The second kappa shape index (κ2) is 6.16. The van der Waals surface area contributed by atoms with Gasteiger partial charge in [-0.15, -0.1) is 0 Å². The molecule has 0 atom stereocenters. The lowest BCUT2D eigenvalue weighted by molar-refractivity contribution is 0.0497. The van der Waals surface area contributed by atoms with Crippen molar-refractivity contribution in [2.75, 3.05) is 19.8 Å². The predicted octanol–water partition coefficient (Wildman–Crippen LogP) is 2.43. The van der Waals surface area contributed by atoms with Gasteiger partial charge in [-0.1, -0.05) is 12.2 Å². The smallest absolute Gasteiger partial charge is 0.119 e. The van der Waals surface area contributed by atoms with E-state index >= 15 is 0 Å². The molecule has 1 aliphatic heterocycles. The standard InChI is InChI=1S/C14H19NO2S/c1-10-8-12(2-3-13(10)14(15)18)17-9-11-4-6-16-7-5-11/h2-3,8,11H,4-7,9H2,1H3,(H2,15,18). The first-order valence-corrected chi connectivity index (χ1v) is 6.68. The molecule has 0 amide bonds. The summed E-state index contributed by atoms with van der Waals surface area (Å²) in [5, 5.41) is 0. The number of benzene rings is 1. The number of aryl methyl sites for hydroxylation is 1. The van der Waals surface area contributed by atoms with Crippen molar-refractivity contribution in [3.63, 3.8) is 0 Å². The van der Waals surface area contributed by atoms with Crippen LogP contribution in [0.3, 0.4) is 0 Å². The molecule has 0 saturated carbocycles. The maximum atomic E-state index is 5.82. The summed E-state index contributed by atoms with van der Waals surface area (Å²) in [4.78, 5) is 0.434. The molecule has 4 heteroatoms. The number of hydrogen-bond acceptors (Lipinski definition) is 3. The van der Waals surface area contributed by atoms with Crippen LogP contribution in [0.25, 0.3) is 0 Å². The first-order valence-electron chi connectivity index (χ1n) is 6.28. The minimum atomic E-state index is 0.434. The van der Waals surface area contributed by atoms with Gasteiger partial charge < -0.3 is 15.2 Å². The highest BCUT2D eigenvalue weighted by Gasteiger charge is 2.14. The van der Waals surface area contributed by atoms with Crippen molar-refractivity contribution in [3.05, 3.63) is 29.3 Å². The number of rotatable bonds is 4. The summed E-state index contributed by atoms with van der Waals surface area (Å²) in [6, 6.07) is 5.85. The van der Waals surface area contributed by atoms with Crippen molar-refractivity contribution in [1.82, 2.24) is 0 Å². The average molecular weight is 265 g/mol. The van der Waals surface area contributed by atoms with E-state index in [2.05, 4.69) is 0 Å². The molecule has 0 spiro atoms. The molecule has 1 saturated heterocycles. The van der Waals surface area contributed by atoms with E-state index in [9.17, 15) is 0 Å². The molecule has 1 heterocycles. The Kier molecular flexibility index (Phi) is 4.55. The summed E-state index contributed by atoms with van der Waals surface area (Å²) in [5.41, 5.74) is 7.61. The molecule has 0 bridgehead atoms. The van der Waals surface area contributed by atoms with Gasteiger partial charge in [0.1, 0.15) is 10.7 Å². The summed E-state index contributed by atoms with van der Waals surface area (Å²) in [6.07, 6.45) is 2.17. The van der Waals surface area contributed by atoms with Crippen LogP contribution in [-0.2, 0) is 4.74 Å². The molecule has 1 aliphatic rings. The van der Waals surface area contributed by atoms with Gasteiger partial charge in [-0.3, -0.25) is 0 Å². The van der Waals surface area contributed by atoms with Gasteiger partial charge in [0.2, 0.25) is 0 Å². The molecule has 0 radical (unpaired) electrons. The molecule has 18 heavy (non-hydrogen) atoms. The second-order valence-corrected chi connectivity index (χ2v) is 5.15. The lowest BCUT2D eigenvalue weighted by atomic mass is 10.0. The Morgan fingerprint density at radius 3 is 2.78 bits per heavy atom. The molecule has 2 rings (SSSR count). The second-order valence-electron chi connectivity index (χ2n) is 4.71. The van der Waals surface area contributed by atoms with Crippen LogP contribution in [0.1, 0.15) is 24.0 Å². The lowest BCUT2D eigenvalue weighted by Gasteiger charge is -2.22. The van der Waals surface area contributed by atoms with Gasteiger partial charge in [-0.05, 0) is 49.4 Å². The van der Waals surface area contributed by atoms with Crippen LogP contribution in [-0.4, -0.2) is 24.8 Å². The highest BCUT2D eigenvalue weighted by molar-refractivity contribution is 7.80. The fraction of sp³-hybridized carbons (Fsp3) is 0.500. The molecule has 3 nitrogen and oxygen atoms in total. The van der Waals surface area contributed by atoms with Crippen LogP contribution in [0.15, 0.2) is 18.2 Å². The van der Waals surface area contributed by atoms with Crippen LogP contribution in [0.4, 0.5) is 0 Å². The highest BCUT2D eigenvalue weighted by Crippen LogP contribution is 2.20. The van der Waals surface area contributed by atoms with Crippen molar-refractivity contribution in [2.24, 2.45) is 11.7 Å². The first kappa shape index (κ1) is 13.3. The summed E-state index contributed by atoms with van der Waals surface area (Å²) >= 11 is 4.98. The van der Waals surface area contributed by atoms with E-state index in [0.717, 1.165) is 49.5 Å². The molecule has 1 aromatic rings. The number of ether oxygens (including phenoxy) is 2. The van der Waals surface area contributed by atoms with Crippen molar-refractivity contribution < 1.29 is 9.47 Å². The summed E-state index contributed by atoms with van der Waals surface area (Å²) in [7, 11) is 0. The van der Waals surface area contributed by atoms with Gasteiger partial charge in [0.05, 0.1) is 6.61 Å². The molecule has 1 aromatic carbocycles. The highest BCUT2D eigenvalue weighted by atomic mass is 32.1. The van der Waals surface area contributed by atoms with Gasteiger partial charge in [-0.2, -0.15) is 0 Å². The maximum Gasteiger partial charge on any atom is 0.119 e. The average Bonchev–Trinajstić information content (AvgIpc) is 2.37. The summed E-state index contributed by atoms with van der Waals surface area (Å²) < 4.78 is 11.2. The van der Waals surface area contributed by atoms with Crippen LogP contribution in [0, 0.1) is 12.8 Å². The Bertz CT molecular complexity index is 428. The molecule has 98 valence electrons. The fourth-order valence-corrected chi connectivity index (χ4v) is 2.36. The Hall–Kier alpha value is -1.13. The van der Waals surface area contributed by atoms with E-state index in [1.165, 1.54) is 0 Å². The third-order valence-corrected chi connectivity index (χ3v) is 3.51. The zero-order valence-corrected chi connectivity index (χ0v) is 11.5. The van der Waals surface area contributed by atoms with Crippen molar-refractivity contribution in [2.45, 2.75) is 19.8 Å². The van der Waals surface area contributed by atoms with Crippen LogP contribution < -0.4 is 10.5 Å². The Morgan fingerprint density at radius 2 is 2.17 bits per heavy atom. The Morgan fingerprint density at radius 1 is 1.44 bits per heavy atom. The van der Waals surface area contributed by atoms with Gasteiger partial charge >= 0.3 is 0 Å². The number of thiocarbonyl (C=S) groups is 1. The van der Waals surface area contributed by atoms with Gasteiger partial charge in [0, 0.05) is 18.8 Å². The van der Waals surface area contributed by atoms with Gasteiger partial charge in [0.25, 0.3) is 0 Å². The molecule has 0 aliphatic carbocycles. The summed E-state index contributed by atoms with van der Waals surface area (Å²) in [5.74, 6) is 1.49. The molecular formula is C14H19NO2S. The molecule has 0 unspecified atom stereocenters. The van der Waals surface area contributed by atoms with Crippen molar-refractivity contribution in [1.29, 1.82) is 0 Å². The minimum absolute atomic E-state index is 0.434. The van der Waals surface area contributed by atoms with E-state index in [4.69, 9.17) is 27.4 Å². The van der Waals surface area contributed by atoms with E-state index in [1.54, 1.807) is 0 Å². The number of nitrogens with two attached hydrogens (primary N) is 1. The third-order valence-electron chi connectivity index (χ3n) is 3.29. The van der Waals surface area contributed by atoms with E-state index in [0.29, 0.717) is 10.9 Å². The largest absolute Gasteiger partial charge is 0.493 e.